The van der Waals surface area contributed by atoms with Gasteiger partial charge in [-0.25, -0.2) is 0 Å². The van der Waals surface area contributed by atoms with Crippen LogP contribution in [0.1, 0.15) is 31.2 Å². The van der Waals surface area contributed by atoms with Gasteiger partial charge in [-0.1, -0.05) is 12.1 Å². The molecule has 1 fully saturated rings. The number of carbonyl (C=O) groups excluding carboxylic acids is 1. The third kappa shape index (κ3) is 3.44. The van der Waals surface area contributed by atoms with Gasteiger partial charge in [-0.05, 0) is 37.8 Å². The standard InChI is InChI=1S/C16H22N4O3S/c1-20(10-15(21)18-12-8-6-11(17)7-9-12)16-13-4-2-3-5-14(13)24(22,23)19-16/h2-5,11-12H,6-10,17H2,1H3,(H,18,21). The lowest BCUT2D eigenvalue weighted by atomic mass is 9.92. The molecule has 0 saturated heterocycles. The highest BCUT2D eigenvalue weighted by Gasteiger charge is 2.31. The number of amidine groups is 1. The van der Waals surface area contributed by atoms with E-state index in [0.29, 0.717) is 11.4 Å². The first-order valence-electron chi connectivity index (χ1n) is 8.07. The Bertz CT molecular complexity index is 767. The zero-order valence-corrected chi connectivity index (χ0v) is 14.4. The number of nitrogens with zero attached hydrogens (tertiary/aromatic N) is 2. The molecule has 0 radical (unpaired) electrons. The van der Waals surface area contributed by atoms with Crippen molar-refractivity contribution in [1.82, 2.24) is 10.2 Å². The minimum absolute atomic E-state index is 0.0608. The van der Waals surface area contributed by atoms with Crippen molar-refractivity contribution in [3.8, 4) is 0 Å². The predicted octanol–water partition coefficient (Wildman–Crippen LogP) is 0.453. The molecule has 1 aliphatic heterocycles. The quantitative estimate of drug-likeness (QED) is 0.824. The molecule has 0 unspecified atom stereocenters. The monoisotopic (exact) mass is 350 g/mol. The number of hydrogen-bond acceptors (Lipinski definition) is 5. The van der Waals surface area contributed by atoms with E-state index >= 15 is 0 Å². The molecule has 7 nitrogen and oxygen atoms in total. The van der Waals surface area contributed by atoms with Crippen LogP contribution in [0.25, 0.3) is 0 Å². The predicted molar refractivity (Wildman–Crippen MR) is 91.2 cm³/mol. The highest BCUT2D eigenvalue weighted by atomic mass is 32.2. The number of fused-ring (bicyclic) bond motifs is 1. The number of sulfonamides is 1. The van der Waals surface area contributed by atoms with E-state index in [1.807, 2.05) is 0 Å². The molecule has 1 saturated carbocycles. The van der Waals surface area contributed by atoms with Gasteiger partial charge in [-0.3, -0.25) is 4.79 Å². The Morgan fingerprint density at radius 2 is 1.96 bits per heavy atom. The molecular formula is C16H22N4O3S. The topological polar surface area (TPSA) is 105 Å². The maximum Gasteiger partial charge on any atom is 0.285 e. The summed E-state index contributed by atoms with van der Waals surface area (Å²) in [5.74, 6) is 0.175. The Kier molecular flexibility index (Phi) is 4.60. The molecule has 130 valence electrons. The summed E-state index contributed by atoms with van der Waals surface area (Å²) in [4.78, 5) is 14.0. The lowest BCUT2D eigenvalue weighted by molar-refractivity contribution is -0.122. The van der Waals surface area contributed by atoms with E-state index in [4.69, 9.17) is 5.73 Å². The Labute approximate surface area is 142 Å². The van der Waals surface area contributed by atoms with E-state index in [-0.39, 0.29) is 29.4 Å². The Balaban J connectivity index is 1.65. The summed E-state index contributed by atoms with van der Waals surface area (Å²) in [7, 11) is -1.99. The Morgan fingerprint density at radius 3 is 2.67 bits per heavy atom. The second-order valence-electron chi connectivity index (χ2n) is 6.42. The smallest absolute Gasteiger partial charge is 0.285 e. The van der Waals surface area contributed by atoms with Crippen molar-refractivity contribution in [1.29, 1.82) is 0 Å². The normalized spacial score (nSPS) is 24.8. The van der Waals surface area contributed by atoms with Crippen LogP contribution in [0.5, 0.6) is 0 Å². The molecule has 3 rings (SSSR count). The molecule has 1 aliphatic carbocycles. The van der Waals surface area contributed by atoms with E-state index in [1.165, 1.54) is 6.07 Å². The molecule has 0 atom stereocenters. The van der Waals surface area contributed by atoms with Crippen molar-refractivity contribution in [3.05, 3.63) is 29.8 Å². The molecule has 1 aromatic carbocycles. The van der Waals surface area contributed by atoms with Gasteiger partial charge in [0.25, 0.3) is 10.0 Å². The van der Waals surface area contributed by atoms with Crippen LogP contribution in [0.4, 0.5) is 0 Å². The van der Waals surface area contributed by atoms with Crippen LogP contribution in [0.2, 0.25) is 0 Å². The van der Waals surface area contributed by atoms with Crippen LogP contribution in [-0.2, 0) is 14.8 Å². The Hall–Kier alpha value is -1.93. The van der Waals surface area contributed by atoms with Crippen LogP contribution >= 0.6 is 0 Å². The Morgan fingerprint density at radius 1 is 1.29 bits per heavy atom. The zero-order valence-electron chi connectivity index (χ0n) is 13.6. The lowest BCUT2D eigenvalue weighted by Gasteiger charge is -2.27. The maximum atomic E-state index is 12.2. The number of likely N-dealkylation sites (N-methyl/N-ethyl adjacent to an activating group) is 1. The molecular weight excluding hydrogens is 328 g/mol. The summed E-state index contributed by atoms with van der Waals surface area (Å²) in [6.07, 6.45) is 3.60. The van der Waals surface area contributed by atoms with Gasteiger partial charge in [-0.2, -0.15) is 8.42 Å². The number of nitrogens with two attached hydrogens (primary N) is 1. The number of nitrogens with one attached hydrogen (secondary N) is 1. The molecule has 3 N–H and O–H groups in total. The third-order valence-electron chi connectivity index (χ3n) is 4.49. The van der Waals surface area contributed by atoms with Gasteiger partial charge in [0.15, 0.2) is 5.84 Å². The first kappa shape index (κ1) is 16.9. The molecule has 0 bridgehead atoms. The first-order valence-corrected chi connectivity index (χ1v) is 9.51. The van der Waals surface area contributed by atoms with E-state index < -0.39 is 10.0 Å². The van der Waals surface area contributed by atoms with E-state index in [1.54, 1.807) is 30.1 Å². The fourth-order valence-corrected chi connectivity index (χ4v) is 4.44. The van der Waals surface area contributed by atoms with Crippen LogP contribution in [-0.4, -0.2) is 50.7 Å². The number of amides is 1. The van der Waals surface area contributed by atoms with Crippen LogP contribution in [0.3, 0.4) is 0 Å². The van der Waals surface area contributed by atoms with Crippen molar-refractivity contribution < 1.29 is 13.2 Å². The third-order valence-corrected chi connectivity index (χ3v) is 5.82. The molecule has 0 aromatic heterocycles. The number of hydrogen-bond donors (Lipinski definition) is 2. The van der Waals surface area contributed by atoms with Crippen LogP contribution < -0.4 is 11.1 Å². The zero-order chi connectivity index (χ0) is 17.3. The molecule has 2 aliphatic rings. The van der Waals surface area contributed by atoms with Crippen molar-refractivity contribution in [2.75, 3.05) is 13.6 Å². The van der Waals surface area contributed by atoms with Crippen molar-refractivity contribution in [2.45, 2.75) is 42.7 Å². The molecule has 0 spiro atoms. The summed E-state index contributed by atoms with van der Waals surface area (Å²) in [6, 6.07) is 7.03. The van der Waals surface area contributed by atoms with Gasteiger partial charge < -0.3 is 16.0 Å². The maximum absolute atomic E-state index is 12.2. The van der Waals surface area contributed by atoms with E-state index in [9.17, 15) is 13.2 Å². The van der Waals surface area contributed by atoms with Gasteiger partial charge in [0.2, 0.25) is 5.91 Å². The van der Waals surface area contributed by atoms with E-state index in [2.05, 4.69) is 9.71 Å². The second kappa shape index (κ2) is 6.52. The minimum atomic E-state index is -3.67. The highest BCUT2D eigenvalue weighted by Crippen LogP contribution is 2.26. The fraction of sp³-hybridized carbons (Fsp3) is 0.500. The number of rotatable bonds is 3. The summed E-state index contributed by atoms with van der Waals surface area (Å²) in [5.41, 5.74) is 6.41. The highest BCUT2D eigenvalue weighted by molar-refractivity contribution is 7.90. The fourth-order valence-electron chi connectivity index (χ4n) is 3.19. The van der Waals surface area contributed by atoms with Crippen LogP contribution in [0, 0.1) is 0 Å². The minimum Gasteiger partial charge on any atom is -0.352 e. The lowest BCUT2D eigenvalue weighted by Crippen LogP contribution is -2.45. The number of benzene rings is 1. The summed E-state index contributed by atoms with van der Waals surface area (Å²) in [6.45, 7) is 0.0608. The average molecular weight is 350 g/mol. The molecule has 24 heavy (non-hydrogen) atoms. The first-order chi connectivity index (χ1) is 11.4. The van der Waals surface area contributed by atoms with E-state index in [0.717, 1.165) is 25.7 Å². The average Bonchev–Trinajstić information content (AvgIpc) is 2.82. The van der Waals surface area contributed by atoms with Crippen molar-refractivity contribution in [2.24, 2.45) is 10.1 Å². The van der Waals surface area contributed by atoms with Crippen LogP contribution in [0.15, 0.2) is 33.6 Å². The summed E-state index contributed by atoms with van der Waals surface area (Å²) in [5, 5.41) is 3.00. The SMILES string of the molecule is CN(CC(=O)NC1CCC(N)CC1)C1=NS(=O)(=O)c2ccccc21. The second-order valence-corrected chi connectivity index (χ2v) is 7.99. The molecule has 1 heterocycles. The van der Waals surface area contributed by atoms with Gasteiger partial charge >= 0.3 is 0 Å². The van der Waals surface area contributed by atoms with Crippen molar-refractivity contribution in [3.63, 3.8) is 0 Å². The summed E-state index contributed by atoms with van der Waals surface area (Å²) >= 11 is 0. The van der Waals surface area contributed by atoms with Gasteiger partial charge in [0.05, 0.1) is 6.54 Å². The molecule has 8 heteroatoms. The molecule has 1 aromatic rings. The van der Waals surface area contributed by atoms with Gasteiger partial charge in [0.1, 0.15) is 4.90 Å². The van der Waals surface area contributed by atoms with Gasteiger partial charge in [-0.15, -0.1) is 4.40 Å². The summed E-state index contributed by atoms with van der Waals surface area (Å²) < 4.78 is 28.0. The number of carbonyl (C=O) groups is 1. The van der Waals surface area contributed by atoms with Gasteiger partial charge in [0, 0.05) is 24.7 Å². The largest absolute Gasteiger partial charge is 0.352 e. The molecule has 1 amide bonds. The van der Waals surface area contributed by atoms with Crippen molar-refractivity contribution >= 4 is 21.8 Å².